The molecule has 0 heterocycles. The Morgan fingerprint density at radius 1 is 0.421 bits per heavy atom. The molecule has 1 N–H and O–H groups in total. The Morgan fingerprint density at radius 2 is 0.763 bits per heavy atom. The summed E-state index contributed by atoms with van der Waals surface area (Å²) in [7, 11) is 0. The van der Waals surface area contributed by atoms with Crippen LogP contribution in [-0.4, -0.2) is 13.1 Å². The first-order valence-electron chi connectivity index (χ1n) is 15.7. The molecule has 3 rings (SSSR count). The second-order valence-electron chi connectivity index (χ2n) is 11.1. The third-order valence-corrected chi connectivity index (χ3v) is 8.18. The van der Waals surface area contributed by atoms with E-state index >= 15 is 0 Å². The smallest absolute Gasteiger partial charge is 0.0463 e. The molecule has 1 heteroatoms. The van der Waals surface area contributed by atoms with Crippen LogP contribution in [0, 0.1) is 0 Å². The summed E-state index contributed by atoms with van der Waals surface area (Å²) < 4.78 is 0. The van der Waals surface area contributed by atoms with Crippen molar-refractivity contribution < 1.29 is 0 Å². The third-order valence-electron chi connectivity index (χ3n) is 8.18. The van der Waals surface area contributed by atoms with Crippen molar-refractivity contribution >= 4 is 0 Å². The van der Waals surface area contributed by atoms with E-state index in [4.69, 9.17) is 0 Å². The highest BCUT2D eigenvalue weighted by atomic mass is 14.8. The van der Waals surface area contributed by atoms with Gasteiger partial charge in [0.25, 0.3) is 0 Å². The Hall–Kier alpha value is -2.38. The van der Waals surface area contributed by atoms with Crippen molar-refractivity contribution in [3.63, 3.8) is 0 Å². The van der Waals surface area contributed by atoms with Gasteiger partial charge in [-0.1, -0.05) is 181 Å². The minimum Gasteiger partial charge on any atom is -0.317 e. The molecule has 0 aliphatic carbocycles. The predicted octanol–water partition coefficient (Wildman–Crippen LogP) is 10.5. The molecule has 0 saturated carbocycles. The Balaban J connectivity index is 1.38. The lowest BCUT2D eigenvalue weighted by molar-refractivity contribution is 0.501. The van der Waals surface area contributed by atoms with E-state index in [2.05, 4.69) is 103 Å². The van der Waals surface area contributed by atoms with Crippen molar-refractivity contribution in [1.82, 2.24) is 5.32 Å². The van der Waals surface area contributed by atoms with Gasteiger partial charge in [0.15, 0.2) is 0 Å². The quantitative estimate of drug-likeness (QED) is 0.111. The van der Waals surface area contributed by atoms with E-state index in [0.717, 1.165) is 19.5 Å². The molecule has 0 atom stereocenters. The molecule has 0 spiro atoms. The van der Waals surface area contributed by atoms with Crippen LogP contribution in [0.15, 0.2) is 91.0 Å². The van der Waals surface area contributed by atoms with Crippen LogP contribution < -0.4 is 5.32 Å². The van der Waals surface area contributed by atoms with E-state index < -0.39 is 0 Å². The van der Waals surface area contributed by atoms with E-state index in [-0.39, 0.29) is 5.41 Å². The number of hydrogen-bond acceptors (Lipinski definition) is 1. The van der Waals surface area contributed by atoms with Gasteiger partial charge in [0, 0.05) is 5.41 Å². The van der Waals surface area contributed by atoms with Gasteiger partial charge in [-0.3, -0.25) is 0 Å². The first-order valence-corrected chi connectivity index (χ1v) is 15.7. The van der Waals surface area contributed by atoms with E-state index in [1.807, 2.05) is 0 Å². The van der Waals surface area contributed by atoms with Crippen LogP contribution in [0.1, 0.15) is 120 Å². The highest BCUT2D eigenvalue weighted by Gasteiger charge is 2.35. The number of benzene rings is 3. The van der Waals surface area contributed by atoms with Gasteiger partial charge in [0.05, 0.1) is 0 Å². The molecule has 3 aromatic carbocycles. The average Bonchev–Trinajstić information content (AvgIpc) is 2.98. The van der Waals surface area contributed by atoms with E-state index in [0.29, 0.717) is 0 Å². The lowest BCUT2D eigenvalue weighted by atomic mass is 9.67. The minimum absolute atomic E-state index is 0.147. The molecule has 1 nitrogen and oxygen atoms in total. The van der Waals surface area contributed by atoms with Crippen molar-refractivity contribution in [3.8, 4) is 0 Å². The molecular formula is C37H53N. The van der Waals surface area contributed by atoms with Gasteiger partial charge in [-0.2, -0.15) is 0 Å². The molecule has 3 aromatic rings. The van der Waals surface area contributed by atoms with Crippen LogP contribution in [0.4, 0.5) is 0 Å². The molecule has 0 aromatic heterocycles. The topological polar surface area (TPSA) is 12.0 Å². The maximum atomic E-state index is 3.79. The second kappa shape index (κ2) is 18.8. The zero-order valence-corrected chi connectivity index (χ0v) is 24.2. The minimum atomic E-state index is -0.147. The number of unbranched alkanes of at least 4 members (excludes halogenated alkanes) is 13. The summed E-state index contributed by atoms with van der Waals surface area (Å²) in [4.78, 5) is 0. The van der Waals surface area contributed by atoms with Crippen molar-refractivity contribution in [2.75, 3.05) is 13.1 Å². The summed E-state index contributed by atoms with van der Waals surface area (Å²) >= 11 is 0. The first-order chi connectivity index (χ1) is 18.9. The fraction of sp³-hybridized carbons (Fsp3) is 0.514. The van der Waals surface area contributed by atoms with Crippen molar-refractivity contribution in [2.45, 2.75) is 109 Å². The van der Waals surface area contributed by atoms with Gasteiger partial charge in [-0.05, 0) is 42.6 Å². The number of rotatable bonds is 21. The standard InChI is InChI=1S/C37H53N/c1-2-3-4-5-6-7-8-9-10-11-12-13-14-24-32-38-33-31-37(34-25-18-15-19-26-34,35-27-20-16-21-28-35)36-29-22-17-23-30-36/h15-23,25-30,38H,2-14,24,31-33H2,1H3. The van der Waals surface area contributed by atoms with Crippen molar-refractivity contribution in [3.05, 3.63) is 108 Å². The van der Waals surface area contributed by atoms with Gasteiger partial charge in [0.2, 0.25) is 0 Å². The number of nitrogens with one attached hydrogen (secondary N) is 1. The lowest BCUT2D eigenvalue weighted by Gasteiger charge is -2.36. The Bertz CT molecular complexity index is 838. The zero-order chi connectivity index (χ0) is 26.6. The summed E-state index contributed by atoms with van der Waals surface area (Å²) in [6.45, 7) is 4.43. The summed E-state index contributed by atoms with van der Waals surface area (Å²) in [5, 5.41) is 3.79. The van der Waals surface area contributed by atoms with Gasteiger partial charge >= 0.3 is 0 Å². The molecule has 0 amide bonds. The van der Waals surface area contributed by atoms with Crippen LogP contribution in [0.3, 0.4) is 0 Å². The first kappa shape index (κ1) is 30.2. The Morgan fingerprint density at radius 3 is 1.13 bits per heavy atom. The number of hydrogen-bond donors (Lipinski definition) is 1. The monoisotopic (exact) mass is 511 g/mol. The summed E-state index contributed by atoms with van der Waals surface area (Å²) in [6, 6.07) is 33.2. The molecular weight excluding hydrogens is 458 g/mol. The fourth-order valence-corrected chi connectivity index (χ4v) is 5.95. The summed E-state index contributed by atoms with van der Waals surface area (Å²) in [5.74, 6) is 0. The van der Waals surface area contributed by atoms with Crippen LogP contribution in [0.25, 0.3) is 0 Å². The van der Waals surface area contributed by atoms with Crippen LogP contribution in [0.5, 0.6) is 0 Å². The molecule has 0 fully saturated rings. The van der Waals surface area contributed by atoms with E-state index in [1.165, 1.54) is 107 Å². The second-order valence-corrected chi connectivity index (χ2v) is 11.1. The molecule has 0 radical (unpaired) electrons. The molecule has 0 unspecified atom stereocenters. The van der Waals surface area contributed by atoms with E-state index in [1.54, 1.807) is 0 Å². The van der Waals surface area contributed by atoms with Crippen LogP contribution in [-0.2, 0) is 5.41 Å². The average molecular weight is 512 g/mol. The molecule has 0 aliphatic heterocycles. The van der Waals surface area contributed by atoms with Gasteiger partial charge in [0.1, 0.15) is 0 Å². The van der Waals surface area contributed by atoms with Gasteiger partial charge < -0.3 is 5.32 Å². The van der Waals surface area contributed by atoms with Gasteiger partial charge in [-0.15, -0.1) is 0 Å². The Kier molecular flexibility index (Phi) is 14.9. The fourth-order valence-electron chi connectivity index (χ4n) is 5.95. The van der Waals surface area contributed by atoms with Crippen molar-refractivity contribution in [1.29, 1.82) is 0 Å². The van der Waals surface area contributed by atoms with Crippen LogP contribution in [0.2, 0.25) is 0 Å². The largest absolute Gasteiger partial charge is 0.317 e. The molecule has 0 bridgehead atoms. The van der Waals surface area contributed by atoms with E-state index in [9.17, 15) is 0 Å². The SMILES string of the molecule is CCCCCCCCCCCCCCCCNCCC(c1ccccc1)(c1ccccc1)c1ccccc1. The normalized spacial score (nSPS) is 11.6. The molecule has 38 heavy (non-hydrogen) atoms. The van der Waals surface area contributed by atoms with Crippen LogP contribution >= 0.6 is 0 Å². The highest BCUT2D eigenvalue weighted by molar-refractivity contribution is 5.50. The van der Waals surface area contributed by atoms with Gasteiger partial charge in [-0.25, -0.2) is 0 Å². The Labute approximate surface area is 234 Å². The lowest BCUT2D eigenvalue weighted by Crippen LogP contribution is -2.34. The predicted molar refractivity (Wildman–Crippen MR) is 167 cm³/mol. The third kappa shape index (κ3) is 10.1. The maximum absolute atomic E-state index is 3.79. The molecule has 206 valence electrons. The molecule has 0 saturated heterocycles. The van der Waals surface area contributed by atoms with Crippen molar-refractivity contribution in [2.24, 2.45) is 0 Å². The maximum Gasteiger partial charge on any atom is 0.0463 e. The highest BCUT2D eigenvalue weighted by Crippen LogP contribution is 2.41. The summed E-state index contributed by atoms with van der Waals surface area (Å²) in [5.41, 5.74) is 3.97. The molecule has 0 aliphatic rings. The zero-order valence-electron chi connectivity index (χ0n) is 24.2. The summed E-state index contributed by atoms with van der Waals surface area (Å²) in [6.07, 6.45) is 20.8.